The molecule has 0 saturated carbocycles. The van der Waals surface area contributed by atoms with Crippen LogP contribution in [0.3, 0.4) is 0 Å². The summed E-state index contributed by atoms with van der Waals surface area (Å²) in [6.45, 7) is 4.14. The highest BCUT2D eigenvalue weighted by atomic mass is 14.6. The van der Waals surface area contributed by atoms with Gasteiger partial charge in [0.2, 0.25) is 0 Å². The summed E-state index contributed by atoms with van der Waals surface area (Å²) in [5, 5.41) is 0. The number of rotatable bonds is 0. The molecule has 0 unspecified atom stereocenters. The van der Waals surface area contributed by atoms with Crippen molar-refractivity contribution in [3.8, 4) is 12.8 Å². The van der Waals surface area contributed by atoms with Gasteiger partial charge in [0.25, 0.3) is 0 Å². The van der Waals surface area contributed by atoms with Gasteiger partial charge in [0.05, 0.1) is 0 Å². The molecule has 1 aromatic rings. The summed E-state index contributed by atoms with van der Waals surface area (Å²) >= 11 is 0. The van der Waals surface area contributed by atoms with Gasteiger partial charge in [-0.1, -0.05) is 0 Å². The van der Waals surface area contributed by atoms with Crippen molar-refractivity contribution >= 4 is 0 Å². The Bertz CT molecular complexity index is 192. The van der Waals surface area contributed by atoms with E-state index >= 15 is 0 Å². The average molecular weight is 133 g/mol. The number of nitrogens with zero attached hydrogens (tertiary/aromatic N) is 1. The zero-order chi connectivity index (χ0) is 7.98. The van der Waals surface area contributed by atoms with E-state index in [1.165, 1.54) is 11.1 Å². The predicted molar refractivity (Wildman–Crippen MR) is 43.6 cm³/mol. The summed E-state index contributed by atoms with van der Waals surface area (Å²) in [4.78, 5) is 3.95. The zero-order valence-electron chi connectivity index (χ0n) is 6.33. The van der Waals surface area contributed by atoms with E-state index < -0.39 is 0 Å². The van der Waals surface area contributed by atoms with Crippen molar-refractivity contribution in [1.29, 1.82) is 0 Å². The first-order valence-corrected chi connectivity index (χ1v) is 3.01. The highest BCUT2D eigenvalue weighted by molar-refractivity contribution is 5.18. The highest BCUT2D eigenvalue weighted by Gasteiger charge is 1.84. The maximum absolute atomic E-state index is 4.00. The van der Waals surface area contributed by atoms with Gasteiger partial charge in [0.1, 0.15) is 0 Å². The molecule has 0 bridgehead atoms. The second kappa shape index (κ2) is 4.58. The Hall–Kier alpha value is -1.29. The lowest BCUT2D eigenvalue weighted by atomic mass is 10.2. The normalized spacial score (nSPS) is 7.60. The fourth-order valence-corrected chi connectivity index (χ4v) is 0.543. The van der Waals surface area contributed by atoms with Gasteiger partial charge in [-0.15, -0.1) is 12.8 Å². The summed E-state index contributed by atoms with van der Waals surface area (Å²) in [5.41, 5.74) is 2.56. The lowest BCUT2D eigenvalue weighted by Gasteiger charge is -1.92. The van der Waals surface area contributed by atoms with Crippen molar-refractivity contribution < 1.29 is 0 Å². The molecular weight excluding hydrogens is 122 g/mol. The Morgan fingerprint density at radius 1 is 1.20 bits per heavy atom. The molecule has 0 spiro atoms. The van der Waals surface area contributed by atoms with Crippen LogP contribution in [-0.4, -0.2) is 4.98 Å². The summed E-state index contributed by atoms with van der Waals surface area (Å²) in [5.74, 6) is 0. The van der Waals surface area contributed by atoms with Crippen molar-refractivity contribution in [2.75, 3.05) is 0 Å². The monoisotopic (exact) mass is 133 g/mol. The third-order valence-electron chi connectivity index (χ3n) is 1.30. The molecule has 1 rings (SSSR count). The van der Waals surface area contributed by atoms with Gasteiger partial charge >= 0.3 is 0 Å². The lowest BCUT2D eigenvalue weighted by Crippen LogP contribution is -1.78. The molecule has 0 aliphatic rings. The fraction of sp³-hybridized carbons (Fsp3) is 0.222. The molecule has 0 atom stereocenters. The second-order valence-electron chi connectivity index (χ2n) is 1.96. The van der Waals surface area contributed by atoms with Crippen LogP contribution in [0.4, 0.5) is 0 Å². The summed E-state index contributed by atoms with van der Waals surface area (Å²) in [6.07, 6.45) is 11.7. The highest BCUT2D eigenvalue weighted by Crippen LogP contribution is 2.00. The maximum Gasteiger partial charge on any atom is 0.0299 e. The number of hydrogen-bond acceptors (Lipinski definition) is 1. The molecule has 52 valence electrons. The Kier molecular flexibility index (Phi) is 3.99. The van der Waals surface area contributed by atoms with E-state index in [1.807, 2.05) is 18.5 Å². The minimum absolute atomic E-state index is 1.26. The standard InChI is InChI=1S/C7H9N.C2H2/c1-6-3-4-8-5-7(6)2;1-2/h3-5H,1-2H3;1-2H. The molecule has 0 saturated heterocycles. The van der Waals surface area contributed by atoms with E-state index in [-0.39, 0.29) is 0 Å². The van der Waals surface area contributed by atoms with Crippen molar-refractivity contribution in [2.45, 2.75) is 13.8 Å². The van der Waals surface area contributed by atoms with Crippen LogP contribution < -0.4 is 0 Å². The largest absolute Gasteiger partial charge is 0.264 e. The third-order valence-corrected chi connectivity index (χ3v) is 1.30. The number of aromatic nitrogens is 1. The van der Waals surface area contributed by atoms with Gasteiger partial charge in [0, 0.05) is 12.4 Å². The fourth-order valence-electron chi connectivity index (χ4n) is 0.543. The molecule has 10 heavy (non-hydrogen) atoms. The third kappa shape index (κ3) is 2.32. The van der Waals surface area contributed by atoms with Crippen molar-refractivity contribution in [1.82, 2.24) is 4.98 Å². The van der Waals surface area contributed by atoms with E-state index in [1.54, 1.807) is 0 Å². The lowest BCUT2D eigenvalue weighted by molar-refractivity contribution is 1.22. The van der Waals surface area contributed by atoms with Crippen LogP contribution in [-0.2, 0) is 0 Å². The molecule has 0 aliphatic heterocycles. The van der Waals surface area contributed by atoms with Crippen LogP contribution in [0.5, 0.6) is 0 Å². The van der Waals surface area contributed by atoms with Crippen molar-refractivity contribution in [3.63, 3.8) is 0 Å². The average Bonchev–Trinajstić information content (AvgIpc) is 2.00. The molecule has 1 aromatic heterocycles. The smallest absolute Gasteiger partial charge is 0.0299 e. The molecular formula is C9H11N. The molecule has 1 nitrogen and oxygen atoms in total. The molecule has 0 aromatic carbocycles. The van der Waals surface area contributed by atoms with Crippen LogP contribution in [0.1, 0.15) is 11.1 Å². The minimum Gasteiger partial charge on any atom is -0.264 e. The first-order chi connectivity index (χ1) is 4.80. The second-order valence-corrected chi connectivity index (χ2v) is 1.96. The molecule has 0 radical (unpaired) electrons. The van der Waals surface area contributed by atoms with E-state index in [9.17, 15) is 0 Å². The minimum atomic E-state index is 1.26. The van der Waals surface area contributed by atoms with Crippen molar-refractivity contribution in [2.24, 2.45) is 0 Å². The summed E-state index contributed by atoms with van der Waals surface area (Å²) < 4.78 is 0. The van der Waals surface area contributed by atoms with Crippen LogP contribution in [0.2, 0.25) is 0 Å². The maximum atomic E-state index is 4.00. The predicted octanol–water partition coefficient (Wildman–Crippen LogP) is 1.95. The van der Waals surface area contributed by atoms with Gasteiger partial charge in [-0.3, -0.25) is 4.98 Å². The molecule has 1 heterocycles. The van der Waals surface area contributed by atoms with Gasteiger partial charge in [-0.25, -0.2) is 0 Å². The van der Waals surface area contributed by atoms with Crippen LogP contribution >= 0.6 is 0 Å². The van der Waals surface area contributed by atoms with E-state index in [0.717, 1.165) is 0 Å². The van der Waals surface area contributed by atoms with E-state index in [0.29, 0.717) is 0 Å². The van der Waals surface area contributed by atoms with Gasteiger partial charge < -0.3 is 0 Å². The number of terminal acetylenes is 1. The number of pyridine rings is 1. The van der Waals surface area contributed by atoms with Crippen molar-refractivity contribution in [3.05, 3.63) is 29.6 Å². The van der Waals surface area contributed by atoms with Gasteiger partial charge in [-0.2, -0.15) is 0 Å². The first kappa shape index (κ1) is 8.71. The Balaban J connectivity index is 0.000000371. The molecule has 0 aliphatic carbocycles. The van der Waals surface area contributed by atoms with Crippen LogP contribution in [0, 0.1) is 26.7 Å². The molecule has 1 heteroatoms. The van der Waals surface area contributed by atoms with Crippen LogP contribution in [0.25, 0.3) is 0 Å². The van der Waals surface area contributed by atoms with E-state index in [4.69, 9.17) is 0 Å². The van der Waals surface area contributed by atoms with Crippen LogP contribution in [0.15, 0.2) is 18.5 Å². The Morgan fingerprint density at radius 2 is 1.80 bits per heavy atom. The molecule has 0 amide bonds. The summed E-state index contributed by atoms with van der Waals surface area (Å²) in [7, 11) is 0. The number of aryl methyl sites for hydroxylation is 2. The number of hydrogen-bond donors (Lipinski definition) is 0. The Labute approximate surface area is 62.1 Å². The van der Waals surface area contributed by atoms with E-state index in [2.05, 4.69) is 31.7 Å². The molecule has 0 N–H and O–H groups in total. The molecule has 0 fully saturated rings. The quantitative estimate of drug-likeness (QED) is 0.493. The summed E-state index contributed by atoms with van der Waals surface area (Å²) in [6, 6.07) is 2.01. The first-order valence-electron chi connectivity index (χ1n) is 3.01. The SMILES string of the molecule is C#C.Cc1ccncc1C. The van der Waals surface area contributed by atoms with Gasteiger partial charge in [0.15, 0.2) is 0 Å². The van der Waals surface area contributed by atoms with Gasteiger partial charge in [-0.05, 0) is 31.0 Å². The topological polar surface area (TPSA) is 12.9 Å². The zero-order valence-corrected chi connectivity index (χ0v) is 6.33. The Morgan fingerprint density at radius 3 is 2.10 bits per heavy atom.